The normalized spacial score (nSPS) is 16.2. The average molecular weight is 650 g/mol. The molecule has 1 N–H and O–H groups in total. The maximum atomic E-state index is 13.1. The van der Waals surface area contributed by atoms with E-state index < -0.39 is 11.9 Å². The van der Waals surface area contributed by atoms with E-state index in [9.17, 15) is 19.5 Å². The summed E-state index contributed by atoms with van der Waals surface area (Å²) in [5.74, 6) is -0.326. The van der Waals surface area contributed by atoms with Crippen molar-refractivity contribution in [3.8, 4) is 27.1 Å². The van der Waals surface area contributed by atoms with Crippen LogP contribution in [0.15, 0.2) is 66.6 Å². The zero-order chi connectivity index (χ0) is 31.6. The van der Waals surface area contributed by atoms with Crippen molar-refractivity contribution in [2.24, 2.45) is 5.92 Å². The standard InChI is InChI=1S/C34H35NO8S2/c1-2-29(37)41-20-6-4-3-5-19-40-24-13-9-22(10-14-24)33(38)42-25-15-11-23(12-16-25)34(39)43-27-18-17-26(36)30-31(27)45-32(35-30)28-8-7-21-44-28/h2,7-10,13-14,17-18,21,23,25,36H,1,3-6,11-12,15-16,19-20H2/t23-,25-. The quantitative estimate of drug-likeness (QED) is 0.0633. The van der Waals surface area contributed by atoms with Crippen LogP contribution in [0.25, 0.3) is 20.1 Å². The van der Waals surface area contributed by atoms with Crippen molar-refractivity contribution < 1.29 is 38.4 Å². The zero-order valence-corrected chi connectivity index (χ0v) is 26.4. The van der Waals surface area contributed by atoms with Crippen LogP contribution in [0.1, 0.15) is 61.7 Å². The number of carbonyl (C=O) groups excluding carboxylic acids is 3. The van der Waals surface area contributed by atoms with Crippen molar-refractivity contribution in [2.45, 2.75) is 57.5 Å². The van der Waals surface area contributed by atoms with Crippen LogP contribution in [0.3, 0.4) is 0 Å². The number of unbranched alkanes of at least 4 members (excludes halogenated alkanes) is 3. The lowest BCUT2D eigenvalue weighted by molar-refractivity contribution is -0.140. The molecule has 1 aliphatic carbocycles. The number of fused-ring (bicyclic) bond motifs is 1. The van der Waals surface area contributed by atoms with Crippen LogP contribution in [0.2, 0.25) is 0 Å². The maximum absolute atomic E-state index is 13.1. The lowest BCUT2D eigenvalue weighted by Gasteiger charge is -2.27. The number of aromatic hydroxyl groups is 1. The van der Waals surface area contributed by atoms with Gasteiger partial charge < -0.3 is 24.1 Å². The van der Waals surface area contributed by atoms with Crippen LogP contribution < -0.4 is 9.47 Å². The highest BCUT2D eigenvalue weighted by Crippen LogP contribution is 2.41. The molecule has 0 unspecified atom stereocenters. The molecule has 45 heavy (non-hydrogen) atoms. The highest BCUT2D eigenvalue weighted by Gasteiger charge is 2.30. The third-order valence-electron chi connectivity index (χ3n) is 7.52. The number of thiophene rings is 1. The Hall–Kier alpha value is -4.22. The number of carbonyl (C=O) groups is 3. The number of nitrogens with zero attached hydrogens (tertiary/aromatic N) is 1. The summed E-state index contributed by atoms with van der Waals surface area (Å²) in [7, 11) is 0. The monoisotopic (exact) mass is 649 g/mol. The van der Waals surface area contributed by atoms with Gasteiger partial charge in [0.15, 0.2) is 5.75 Å². The Bertz CT molecular complexity index is 1610. The van der Waals surface area contributed by atoms with Crippen LogP contribution in [0.4, 0.5) is 0 Å². The number of ether oxygens (including phenoxy) is 4. The molecule has 0 aliphatic heterocycles. The van der Waals surface area contributed by atoms with Gasteiger partial charge in [-0.3, -0.25) is 4.79 Å². The Labute approximate surface area is 269 Å². The third kappa shape index (κ3) is 8.70. The second kappa shape index (κ2) is 15.7. The fourth-order valence-corrected chi connectivity index (χ4v) is 6.88. The average Bonchev–Trinajstić information content (AvgIpc) is 3.76. The molecule has 2 aromatic carbocycles. The lowest BCUT2D eigenvalue weighted by atomic mass is 9.87. The minimum absolute atomic E-state index is 0.0438. The molecule has 1 aliphatic rings. The van der Waals surface area contributed by atoms with Gasteiger partial charge in [-0.1, -0.05) is 12.6 Å². The van der Waals surface area contributed by atoms with Gasteiger partial charge in [-0.15, -0.1) is 22.7 Å². The van der Waals surface area contributed by atoms with Gasteiger partial charge in [0.2, 0.25) is 0 Å². The molecule has 0 bridgehead atoms. The Balaban J connectivity index is 1.03. The number of benzene rings is 2. The smallest absolute Gasteiger partial charge is 0.338 e. The second-order valence-electron chi connectivity index (χ2n) is 10.7. The molecule has 0 saturated heterocycles. The van der Waals surface area contributed by atoms with Crippen molar-refractivity contribution in [1.29, 1.82) is 0 Å². The van der Waals surface area contributed by atoms with E-state index in [4.69, 9.17) is 18.9 Å². The summed E-state index contributed by atoms with van der Waals surface area (Å²) in [6.07, 6.45) is 6.69. The molecule has 0 amide bonds. The highest BCUT2D eigenvalue weighted by atomic mass is 32.1. The van der Waals surface area contributed by atoms with E-state index in [1.165, 1.54) is 17.4 Å². The summed E-state index contributed by atoms with van der Waals surface area (Å²) >= 11 is 2.94. The molecule has 0 radical (unpaired) electrons. The lowest BCUT2D eigenvalue weighted by Crippen LogP contribution is -2.30. The summed E-state index contributed by atoms with van der Waals surface area (Å²) in [5.41, 5.74) is 0.863. The molecular weight excluding hydrogens is 615 g/mol. The van der Waals surface area contributed by atoms with E-state index in [-0.39, 0.29) is 23.7 Å². The Morgan fingerprint density at radius 2 is 1.71 bits per heavy atom. The minimum atomic E-state index is -0.400. The first-order valence-corrected chi connectivity index (χ1v) is 16.7. The topological polar surface area (TPSA) is 121 Å². The molecule has 4 aromatic rings. The predicted molar refractivity (Wildman–Crippen MR) is 173 cm³/mol. The van der Waals surface area contributed by atoms with Crippen molar-refractivity contribution >= 4 is 50.8 Å². The van der Waals surface area contributed by atoms with Crippen LogP contribution >= 0.6 is 22.7 Å². The fourth-order valence-electron chi connectivity index (χ4n) is 5.05. The van der Waals surface area contributed by atoms with Gasteiger partial charge in [0.25, 0.3) is 0 Å². The summed E-state index contributed by atoms with van der Waals surface area (Å²) in [5, 5.41) is 13.0. The van der Waals surface area contributed by atoms with Crippen LogP contribution in [0, 0.1) is 5.92 Å². The number of phenols is 1. The number of hydrogen-bond donors (Lipinski definition) is 1. The number of aromatic nitrogens is 1. The van der Waals surface area contributed by atoms with E-state index >= 15 is 0 Å². The Kier molecular flexibility index (Phi) is 11.2. The van der Waals surface area contributed by atoms with Gasteiger partial charge in [-0.2, -0.15) is 0 Å². The van der Waals surface area contributed by atoms with Crippen molar-refractivity contribution in [3.63, 3.8) is 0 Å². The maximum Gasteiger partial charge on any atom is 0.338 e. The molecule has 9 nitrogen and oxygen atoms in total. The fraction of sp³-hybridized carbons (Fsp3) is 0.353. The molecule has 0 spiro atoms. The Morgan fingerprint density at radius 1 is 0.956 bits per heavy atom. The molecule has 11 heteroatoms. The van der Waals surface area contributed by atoms with E-state index in [1.807, 2.05) is 17.5 Å². The third-order valence-corrected chi connectivity index (χ3v) is 9.63. The highest BCUT2D eigenvalue weighted by molar-refractivity contribution is 7.25. The van der Waals surface area contributed by atoms with Crippen LogP contribution in [0.5, 0.6) is 17.2 Å². The number of phenolic OH excluding ortho intramolecular Hbond substituents is 1. The van der Waals surface area contributed by atoms with E-state index in [0.29, 0.717) is 66.2 Å². The van der Waals surface area contributed by atoms with Crippen LogP contribution in [-0.2, 0) is 19.1 Å². The SMILES string of the molecule is C=CC(=O)OCCCCCCOc1ccc(C(=O)O[C@H]2CC[C@H](C(=O)Oc3ccc(O)c4nc(-c5cccs5)sc34)CC2)cc1. The summed E-state index contributed by atoms with van der Waals surface area (Å²) < 4.78 is 22.9. The van der Waals surface area contributed by atoms with E-state index in [2.05, 4.69) is 11.6 Å². The van der Waals surface area contributed by atoms with Crippen molar-refractivity contribution in [1.82, 2.24) is 4.98 Å². The van der Waals surface area contributed by atoms with E-state index in [0.717, 1.165) is 41.6 Å². The predicted octanol–water partition coefficient (Wildman–Crippen LogP) is 7.72. The van der Waals surface area contributed by atoms with Gasteiger partial charge in [0.05, 0.1) is 29.6 Å². The molecule has 1 saturated carbocycles. The van der Waals surface area contributed by atoms with Crippen molar-refractivity contribution in [3.05, 3.63) is 72.1 Å². The molecule has 5 rings (SSSR count). The molecule has 236 valence electrons. The van der Waals surface area contributed by atoms with Crippen LogP contribution in [-0.4, -0.2) is 47.3 Å². The van der Waals surface area contributed by atoms with Gasteiger partial charge in [0, 0.05) is 6.08 Å². The molecule has 0 atom stereocenters. The van der Waals surface area contributed by atoms with Crippen molar-refractivity contribution in [2.75, 3.05) is 13.2 Å². The van der Waals surface area contributed by atoms with Gasteiger partial charge in [-0.05, 0) is 99.2 Å². The Morgan fingerprint density at radius 3 is 2.42 bits per heavy atom. The summed E-state index contributed by atoms with van der Waals surface area (Å²) in [4.78, 5) is 42.4. The number of thiazole rings is 1. The molecule has 2 aromatic heterocycles. The zero-order valence-electron chi connectivity index (χ0n) is 24.8. The van der Waals surface area contributed by atoms with E-state index in [1.54, 1.807) is 41.7 Å². The largest absolute Gasteiger partial charge is 0.506 e. The van der Waals surface area contributed by atoms with Gasteiger partial charge >= 0.3 is 17.9 Å². The molecule has 2 heterocycles. The van der Waals surface area contributed by atoms with Gasteiger partial charge in [0.1, 0.15) is 32.8 Å². The second-order valence-corrected chi connectivity index (χ2v) is 12.7. The molecule has 1 fully saturated rings. The minimum Gasteiger partial charge on any atom is -0.506 e. The number of hydrogen-bond acceptors (Lipinski definition) is 11. The van der Waals surface area contributed by atoms with Gasteiger partial charge in [-0.25, -0.2) is 14.6 Å². The first-order chi connectivity index (χ1) is 21.9. The number of esters is 3. The first-order valence-electron chi connectivity index (χ1n) is 15.0. The summed E-state index contributed by atoms with van der Waals surface area (Å²) in [6, 6.07) is 13.9. The molecular formula is C34H35NO8S2. The first kappa shape index (κ1) is 32.2. The number of rotatable bonds is 14. The summed E-state index contributed by atoms with van der Waals surface area (Å²) in [6.45, 7) is 4.32.